The van der Waals surface area contributed by atoms with Crippen LogP contribution in [0.5, 0.6) is 11.5 Å². The topological polar surface area (TPSA) is 56.8 Å². The average molecular weight is 295 g/mol. The lowest BCUT2D eigenvalue weighted by molar-refractivity contribution is -0.141. The molecule has 0 atom stereocenters. The van der Waals surface area contributed by atoms with Crippen molar-refractivity contribution in [2.45, 2.75) is 39.3 Å². The number of carbonyl (C=O) groups is 1. The van der Waals surface area contributed by atoms with Crippen LogP contribution in [-0.4, -0.2) is 32.3 Å². The SMILES string of the molecule is COC(=O)CCOc1ccc(CNC(C)(C)C)cc1OC. The van der Waals surface area contributed by atoms with Crippen LogP contribution in [0.25, 0.3) is 0 Å². The number of carbonyl (C=O) groups excluding carboxylic acids is 1. The maximum Gasteiger partial charge on any atom is 0.308 e. The second-order valence-corrected chi connectivity index (χ2v) is 5.76. The fourth-order valence-electron chi connectivity index (χ4n) is 1.65. The highest BCUT2D eigenvalue weighted by Crippen LogP contribution is 2.28. The van der Waals surface area contributed by atoms with Gasteiger partial charge in [0.2, 0.25) is 0 Å². The first kappa shape index (κ1) is 17.3. The first-order valence-electron chi connectivity index (χ1n) is 6.97. The first-order chi connectivity index (χ1) is 9.85. The van der Waals surface area contributed by atoms with Crippen LogP contribution < -0.4 is 14.8 Å². The molecule has 118 valence electrons. The summed E-state index contributed by atoms with van der Waals surface area (Å²) in [5.74, 6) is 0.994. The van der Waals surface area contributed by atoms with Crippen LogP contribution in [0.1, 0.15) is 32.8 Å². The quantitative estimate of drug-likeness (QED) is 0.783. The number of esters is 1. The third-order valence-corrected chi connectivity index (χ3v) is 2.84. The minimum Gasteiger partial charge on any atom is -0.493 e. The van der Waals surface area contributed by atoms with Gasteiger partial charge >= 0.3 is 5.97 Å². The molecule has 5 nitrogen and oxygen atoms in total. The molecule has 0 radical (unpaired) electrons. The molecule has 1 aromatic rings. The number of methoxy groups -OCH3 is 2. The highest BCUT2D eigenvalue weighted by molar-refractivity contribution is 5.69. The zero-order valence-electron chi connectivity index (χ0n) is 13.5. The van der Waals surface area contributed by atoms with Gasteiger partial charge in [0.05, 0.1) is 27.2 Å². The second kappa shape index (κ2) is 7.88. The summed E-state index contributed by atoms with van der Waals surface area (Å²) in [6, 6.07) is 5.77. The van der Waals surface area contributed by atoms with Crippen LogP contribution in [-0.2, 0) is 16.1 Å². The minimum atomic E-state index is -0.292. The van der Waals surface area contributed by atoms with Gasteiger partial charge in [-0.15, -0.1) is 0 Å². The maximum atomic E-state index is 11.0. The highest BCUT2D eigenvalue weighted by Gasteiger charge is 2.11. The molecule has 1 N–H and O–H groups in total. The molecule has 0 saturated heterocycles. The van der Waals surface area contributed by atoms with Crippen LogP contribution in [0.4, 0.5) is 0 Å². The molecular weight excluding hydrogens is 270 g/mol. The van der Waals surface area contributed by atoms with Gasteiger partial charge in [0.15, 0.2) is 11.5 Å². The Kier molecular flexibility index (Phi) is 6.49. The minimum absolute atomic E-state index is 0.0585. The molecule has 0 saturated carbocycles. The van der Waals surface area contributed by atoms with E-state index in [9.17, 15) is 4.79 Å². The van der Waals surface area contributed by atoms with Crippen LogP contribution in [0.2, 0.25) is 0 Å². The van der Waals surface area contributed by atoms with E-state index in [1.807, 2.05) is 18.2 Å². The van der Waals surface area contributed by atoms with Crippen LogP contribution in [0.15, 0.2) is 18.2 Å². The van der Waals surface area contributed by atoms with Crippen molar-refractivity contribution in [3.63, 3.8) is 0 Å². The van der Waals surface area contributed by atoms with E-state index in [-0.39, 0.29) is 24.5 Å². The summed E-state index contributed by atoms with van der Waals surface area (Å²) in [6.07, 6.45) is 0.215. The molecule has 0 unspecified atom stereocenters. The molecule has 0 amide bonds. The molecule has 1 aromatic carbocycles. The Morgan fingerprint density at radius 2 is 1.90 bits per heavy atom. The maximum absolute atomic E-state index is 11.0. The zero-order valence-corrected chi connectivity index (χ0v) is 13.5. The van der Waals surface area contributed by atoms with Gasteiger partial charge in [-0.25, -0.2) is 0 Å². The first-order valence-corrected chi connectivity index (χ1v) is 6.97. The van der Waals surface area contributed by atoms with Gasteiger partial charge in [-0.3, -0.25) is 4.79 Å². The summed E-state index contributed by atoms with van der Waals surface area (Å²) in [6.45, 7) is 7.38. The van der Waals surface area contributed by atoms with Crippen molar-refractivity contribution < 1.29 is 19.0 Å². The number of benzene rings is 1. The van der Waals surface area contributed by atoms with Crippen molar-refractivity contribution in [3.8, 4) is 11.5 Å². The summed E-state index contributed by atoms with van der Waals surface area (Å²) in [5, 5.41) is 3.42. The Morgan fingerprint density at radius 3 is 2.48 bits per heavy atom. The Labute approximate surface area is 126 Å². The van der Waals surface area contributed by atoms with Crippen molar-refractivity contribution in [3.05, 3.63) is 23.8 Å². The standard InChI is InChI=1S/C16H25NO4/c1-16(2,3)17-11-12-6-7-13(14(10-12)19-4)21-9-8-15(18)20-5/h6-7,10,17H,8-9,11H2,1-5H3. The van der Waals surface area contributed by atoms with E-state index in [1.165, 1.54) is 7.11 Å². The molecular formula is C16H25NO4. The van der Waals surface area contributed by atoms with Gasteiger partial charge in [-0.1, -0.05) is 6.07 Å². The summed E-state index contributed by atoms with van der Waals surface area (Å²) >= 11 is 0. The van der Waals surface area contributed by atoms with Crippen LogP contribution >= 0.6 is 0 Å². The molecule has 1 rings (SSSR count). The third-order valence-electron chi connectivity index (χ3n) is 2.84. The molecule has 0 aromatic heterocycles. The average Bonchev–Trinajstić information content (AvgIpc) is 2.44. The third kappa shape index (κ3) is 6.49. The van der Waals surface area contributed by atoms with E-state index in [0.29, 0.717) is 11.5 Å². The molecule has 0 spiro atoms. The molecule has 5 heteroatoms. The fourth-order valence-corrected chi connectivity index (χ4v) is 1.65. The Morgan fingerprint density at radius 1 is 1.19 bits per heavy atom. The van der Waals surface area contributed by atoms with E-state index < -0.39 is 0 Å². The lowest BCUT2D eigenvalue weighted by Crippen LogP contribution is -2.35. The Bertz CT molecular complexity index is 466. The van der Waals surface area contributed by atoms with Gasteiger partial charge in [0.1, 0.15) is 0 Å². The monoisotopic (exact) mass is 295 g/mol. The predicted molar refractivity (Wildman–Crippen MR) is 81.7 cm³/mol. The number of ether oxygens (including phenoxy) is 3. The summed E-state index contributed by atoms with van der Waals surface area (Å²) in [5.41, 5.74) is 1.17. The molecule has 0 bridgehead atoms. The molecule has 0 aliphatic heterocycles. The summed E-state index contributed by atoms with van der Waals surface area (Å²) in [7, 11) is 2.96. The van der Waals surface area contributed by atoms with E-state index in [1.54, 1.807) is 7.11 Å². The van der Waals surface area contributed by atoms with Crippen molar-refractivity contribution in [2.24, 2.45) is 0 Å². The highest BCUT2D eigenvalue weighted by atomic mass is 16.5. The van der Waals surface area contributed by atoms with E-state index >= 15 is 0 Å². The van der Waals surface area contributed by atoms with E-state index in [0.717, 1.165) is 12.1 Å². The van der Waals surface area contributed by atoms with Gasteiger partial charge in [0, 0.05) is 12.1 Å². The largest absolute Gasteiger partial charge is 0.493 e. The number of nitrogens with one attached hydrogen (secondary N) is 1. The normalized spacial score (nSPS) is 11.1. The van der Waals surface area contributed by atoms with Gasteiger partial charge < -0.3 is 19.5 Å². The molecule has 0 aliphatic carbocycles. The lowest BCUT2D eigenvalue weighted by Gasteiger charge is -2.21. The fraction of sp³-hybridized carbons (Fsp3) is 0.562. The molecule has 21 heavy (non-hydrogen) atoms. The van der Waals surface area contributed by atoms with Crippen molar-refractivity contribution in [2.75, 3.05) is 20.8 Å². The number of rotatable bonds is 7. The van der Waals surface area contributed by atoms with E-state index in [2.05, 4.69) is 30.8 Å². The summed E-state index contributed by atoms with van der Waals surface area (Å²) < 4.78 is 15.5. The number of hydrogen-bond donors (Lipinski definition) is 1. The lowest BCUT2D eigenvalue weighted by atomic mass is 10.1. The van der Waals surface area contributed by atoms with E-state index in [4.69, 9.17) is 9.47 Å². The van der Waals surface area contributed by atoms with Crippen LogP contribution in [0.3, 0.4) is 0 Å². The van der Waals surface area contributed by atoms with Crippen LogP contribution in [0, 0.1) is 0 Å². The van der Waals surface area contributed by atoms with Gasteiger partial charge in [-0.2, -0.15) is 0 Å². The summed E-state index contributed by atoms with van der Waals surface area (Å²) in [4.78, 5) is 11.0. The Balaban J connectivity index is 2.63. The van der Waals surface area contributed by atoms with Gasteiger partial charge in [-0.05, 0) is 38.5 Å². The molecule has 0 fully saturated rings. The van der Waals surface area contributed by atoms with Crippen molar-refractivity contribution >= 4 is 5.97 Å². The predicted octanol–water partition coefficient (Wildman–Crippen LogP) is 2.53. The van der Waals surface area contributed by atoms with Crippen molar-refractivity contribution in [1.29, 1.82) is 0 Å². The molecule has 0 aliphatic rings. The zero-order chi connectivity index (χ0) is 15.9. The van der Waals surface area contributed by atoms with Crippen molar-refractivity contribution in [1.82, 2.24) is 5.32 Å². The number of hydrogen-bond acceptors (Lipinski definition) is 5. The second-order valence-electron chi connectivity index (χ2n) is 5.76. The smallest absolute Gasteiger partial charge is 0.308 e. The molecule has 0 heterocycles. The van der Waals surface area contributed by atoms with Gasteiger partial charge in [0.25, 0.3) is 0 Å². The Hall–Kier alpha value is -1.75.